The molecule has 0 radical (unpaired) electrons. The van der Waals surface area contributed by atoms with Gasteiger partial charge in [-0.3, -0.25) is 0 Å². The first-order valence-corrected chi connectivity index (χ1v) is 7.17. The van der Waals surface area contributed by atoms with Crippen LogP contribution in [0.25, 0.3) is 0 Å². The van der Waals surface area contributed by atoms with Crippen molar-refractivity contribution < 1.29 is 17.9 Å². The van der Waals surface area contributed by atoms with E-state index < -0.39 is 6.36 Å². The van der Waals surface area contributed by atoms with Gasteiger partial charge in [-0.2, -0.15) is 0 Å². The summed E-state index contributed by atoms with van der Waals surface area (Å²) in [6.07, 6.45) is -4.69. The summed E-state index contributed by atoms with van der Waals surface area (Å²) in [5.41, 5.74) is 6.36. The van der Waals surface area contributed by atoms with Crippen LogP contribution in [0.3, 0.4) is 0 Å². The van der Waals surface area contributed by atoms with Crippen molar-refractivity contribution in [2.75, 3.05) is 6.54 Å². The highest BCUT2D eigenvalue weighted by Gasteiger charge is 2.31. The van der Waals surface area contributed by atoms with Crippen LogP contribution in [0.5, 0.6) is 5.75 Å². The van der Waals surface area contributed by atoms with E-state index >= 15 is 0 Å². The number of ether oxygens (including phenoxy) is 1. The Morgan fingerprint density at radius 1 is 1.24 bits per heavy atom. The Morgan fingerprint density at radius 2 is 2.05 bits per heavy atom. The minimum Gasteiger partial charge on any atom is -0.406 e. The van der Waals surface area contributed by atoms with Crippen LogP contribution in [0.4, 0.5) is 13.2 Å². The van der Waals surface area contributed by atoms with Gasteiger partial charge in [0.05, 0.1) is 0 Å². The molecule has 114 valence electrons. The number of thiophene rings is 1. The molecule has 1 aromatic carbocycles. The van der Waals surface area contributed by atoms with Crippen LogP contribution >= 0.6 is 11.3 Å². The second kappa shape index (κ2) is 6.93. The summed E-state index contributed by atoms with van der Waals surface area (Å²) in [6, 6.07) is 9.55. The lowest BCUT2D eigenvalue weighted by Crippen LogP contribution is -2.27. The van der Waals surface area contributed by atoms with E-state index in [-0.39, 0.29) is 18.3 Å². The molecule has 7 heteroatoms. The van der Waals surface area contributed by atoms with E-state index in [9.17, 15) is 13.2 Å². The van der Waals surface area contributed by atoms with Crippen LogP contribution in [-0.2, 0) is 6.54 Å². The quantitative estimate of drug-likeness (QED) is 0.858. The van der Waals surface area contributed by atoms with Gasteiger partial charge in [0.1, 0.15) is 5.75 Å². The number of halogens is 3. The third kappa shape index (κ3) is 5.04. The smallest absolute Gasteiger partial charge is 0.406 e. The average molecular weight is 316 g/mol. The van der Waals surface area contributed by atoms with Gasteiger partial charge in [-0.1, -0.05) is 18.2 Å². The van der Waals surface area contributed by atoms with Gasteiger partial charge in [-0.15, -0.1) is 24.5 Å². The Kier molecular flexibility index (Phi) is 5.22. The van der Waals surface area contributed by atoms with E-state index in [0.717, 1.165) is 4.88 Å². The maximum atomic E-state index is 12.2. The van der Waals surface area contributed by atoms with E-state index in [1.54, 1.807) is 17.4 Å². The number of hydrogen-bond donors (Lipinski definition) is 2. The fourth-order valence-electron chi connectivity index (χ4n) is 1.90. The summed E-state index contributed by atoms with van der Waals surface area (Å²) in [5.74, 6) is -0.239. The molecule has 1 heterocycles. The topological polar surface area (TPSA) is 47.3 Å². The molecule has 3 nitrogen and oxygen atoms in total. The van der Waals surface area contributed by atoms with E-state index in [2.05, 4.69) is 10.1 Å². The molecule has 0 saturated heterocycles. The Balaban J connectivity index is 2.05. The lowest BCUT2D eigenvalue weighted by Gasteiger charge is -2.18. The summed E-state index contributed by atoms with van der Waals surface area (Å²) in [7, 11) is 0. The normalized spacial score (nSPS) is 13.1. The van der Waals surface area contributed by atoms with Crippen LogP contribution in [0.15, 0.2) is 41.8 Å². The molecule has 0 fully saturated rings. The summed E-state index contributed by atoms with van der Waals surface area (Å²) in [6.45, 7) is 0.894. The molecule has 0 spiro atoms. The van der Waals surface area contributed by atoms with Crippen molar-refractivity contribution in [2.45, 2.75) is 18.9 Å². The Hall–Kier alpha value is -1.57. The number of rotatable bonds is 6. The number of alkyl halides is 3. The SMILES string of the molecule is NCC(NCc1cccs1)c1cccc(OC(F)(F)F)c1. The van der Waals surface area contributed by atoms with E-state index in [4.69, 9.17) is 5.73 Å². The molecule has 1 atom stereocenters. The Bertz CT molecular complexity index is 558. The summed E-state index contributed by atoms with van der Waals surface area (Å²) in [5, 5.41) is 5.19. The molecule has 0 aliphatic heterocycles. The van der Waals surface area contributed by atoms with Crippen molar-refractivity contribution >= 4 is 11.3 Å². The van der Waals surface area contributed by atoms with Gasteiger partial charge in [0.25, 0.3) is 0 Å². The second-order valence-electron chi connectivity index (χ2n) is 4.37. The average Bonchev–Trinajstić information content (AvgIpc) is 2.91. The molecule has 0 aliphatic rings. The predicted molar refractivity (Wildman–Crippen MR) is 76.1 cm³/mol. The first kappa shape index (κ1) is 15.8. The minimum absolute atomic E-state index is 0.233. The standard InChI is InChI=1S/C14H15F3N2OS/c15-14(16,17)20-11-4-1-3-10(7-11)13(8-18)19-9-12-5-2-6-21-12/h1-7,13,19H,8-9,18H2. The zero-order valence-corrected chi connectivity index (χ0v) is 11.9. The molecule has 2 rings (SSSR count). The van der Waals surface area contributed by atoms with Gasteiger partial charge in [0, 0.05) is 24.0 Å². The largest absolute Gasteiger partial charge is 0.573 e. The maximum absolute atomic E-state index is 12.2. The number of nitrogens with two attached hydrogens (primary N) is 1. The van der Waals surface area contributed by atoms with Crippen molar-refractivity contribution in [3.8, 4) is 5.75 Å². The Labute approximate surface area is 124 Å². The number of hydrogen-bond acceptors (Lipinski definition) is 4. The van der Waals surface area contributed by atoms with Crippen molar-refractivity contribution in [3.05, 3.63) is 52.2 Å². The van der Waals surface area contributed by atoms with Gasteiger partial charge in [-0.25, -0.2) is 0 Å². The van der Waals surface area contributed by atoms with Crippen LogP contribution < -0.4 is 15.8 Å². The predicted octanol–water partition coefficient (Wildman–Crippen LogP) is 3.44. The fourth-order valence-corrected chi connectivity index (χ4v) is 2.56. The van der Waals surface area contributed by atoms with Crippen molar-refractivity contribution in [2.24, 2.45) is 5.73 Å². The van der Waals surface area contributed by atoms with Crippen LogP contribution in [0.2, 0.25) is 0 Å². The molecule has 0 aliphatic carbocycles. The first-order chi connectivity index (χ1) is 9.98. The molecule has 2 aromatic rings. The number of benzene rings is 1. The van der Waals surface area contributed by atoms with E-state index in [1.165, 1.54) is 18.2 Å². The summed E-state index contributed by atoms with van der Waals surface area (Å²) in [4.78, 5) is 1.14. The highest BCUT2D eigenvalue weighted by atomic mass is 32.1. The summed E-state index contributed by atoms with van der Waals surface area (Å²) >= 11 is 1.60. The summed E-state index contributed by atoms with van der Waals surface area (Å²) < 4.78 is 40.6. The third-order valence-corrected chi connectivity index (χ3v) is 3.71. The minimum atomic E-state index is -4.69. The van der Waals surface area contributed by atoms with Crippen molar-refractivity contribution in [1.29, 1.82) is 0 Å². The fraction of sp³-hybridized carbons (Fsp3) is 0.286. The molecule has 0 amide bonds. The second-order valence-corrected chi connectivity index (χ2v) is 5.40. The molecular weight excluding hydrogens is 301 g/mol. The lowest BCUT2D eigenvalue weighted by atomic mass is 10.1. The molecule has 3 N–H and O–H groups in total. The van der Waals surface area contributed by atoms with Crippen LogP contribution in [0.1, 0.15) is 16.5 Å². The lowest BCUT2D eigenvalue weighted by molar-refractivity contribution is -0.274. The Morgan fingerprint density at radius 3 is 2.67 bits per heavy atom. The molecule has 21 heavy (non-hydrogen) atoms. The van der Waals surface area contributed by atoms with Gasteiger partial charge in [0.2, 0.25) is 0 Å². The monoisotopic (exact) mass is 316 g/mol. The van der Waals surface area contributed by atoms with Gasteiger partial charge in [-0.05, 0) is 29.1 Å². The molecule has 1 unspecified atom stereocenters. The van der Waals surface area contributed by atoms with Gasteiger partial charge >= 0.3 is 6.36 Å². The zero-order valence-electron chi connectivity index (χ0n) is 11.1. The maximum Gasteiger partial charge on any atom is 0.573 e. The van der Waals surface area contributed by atoms with Gasteiger partial charge in [0.15, 0.2) is 0 Å². The molecule has 0 saturated carbocycles. The van der Waals surface area contributed by atoms with E-state index in [0.29, 0.717) is 12.1 Å². The number of nitrogens with one attached hydrogen (secondary N) is 1. The van der Waals surface area contributed by atoms with Gasteiger partial charge < -0.3 is 15.8 Å². The highest BCUT2D eigenvalue weighted by Crippen LogP contribution is 2.25. The zero-order chi connectivity index (χ0) is 15.3. The van der Waals surface area contributed by atoms with Crippen LogP contribution in [0, 0.1) is 0 Å². The van der Waals surface area contributed by atoms with Crippen molar-refractivity contribution in [3.63, 3.8) is 0 Å². The van der Waals surface area contributed by atoms with E-state index in [1.807, 2.05) is 17.5 Å². The van der Waals surface area contributed by atoms with Crippen molar-refractivity contribution in [1.82, 2.24) is 5.32 Å². The first-order valence-electron chi connectivity index (χ1n) is 6.29. The highest BCUT2D eigenvalue weighted by molar-refractivity contribution is 7.09. The van der Waals surface area contributed by atoms with Crippen LogP contribution in [-0.4, -0.2) is 12.9 Å². The third-order valence-electron chi connectivity index (χ3n) is 2.83. The molecular formula is C14H15F3N2OS. The molecule has 1 aromatic heterocycles. The molecule has 0 bridgehead atoms.